The van der Waals surface area contributed by atoms with E-state index in [2.05, 4.69) is 10.2 Å². The van der Waals surface area contributed by atoms with E-state index in [1.54, 1.807) is 6.07 Å². The van der Waals surface area contributed by atoms with Crippen molar-refractivity contribution < 1.29 is 0 Å². The molecule has 0 saturated heterocycles. The third-order valence-electron chi connectivity index (χ3n) is 1.31. The molecular formula is C10H13ClN2. The average Bonchev–Trinajstić information content (AvgIpc) is 2.01. The Kier molecular flexibility index (Phi) is 3.04. The molecule has 13 heavy (non-hydrogen) atoms. The van der Waals surface area contributed by atoms with Gasteiger partial charge >= 0.3 is 0 Å². The first-order valence-corrected chi connectivity index (χ1v) is 4.54. The maximum absolute atomic E-state index is 5.90. The Morgan fingerprint density at radius 1 is 1.15 bits per heavy atom. The molecule has 0 aliphatic carbocycles. The molecule has 0 aliphatic rings. The van der Waals surface area contributed by atoms with Gasteiger partial charge < -0.3 is 0 Å². The highest BCUT2D eigenvalue weighted by Gasteiger charge is 2.06. The number of hydrogen-bond donors (Lipinski definition) is 0. The van der Waals surface area contributed by atoms with Gasteiger partial charge in [0.15, 0.2) is 0 Å². The average molecular weight is 197 g/mol. The van der Waals surface area contributed by atoms with Gasteiger partial charge in [-0.05, 0) is 32.9 Å². The minimum Gasteiger partial charge on any atom is -0.183 e. The Hall–Kier alpha value is -0.890. The van der Waals surface area contributed by atoms with Gasteiger partial charge in [-0.15, -0.1) is 0 Å². The van der Waals surface area contributed by atoms with Crippen LogP contribution in [0.15, 0.2) is 34.5 Å². The largest absolute Gasteiger partial charge is 0.183 e. The molecule has 0 atom stereocenters. The van der Waals surface area contributed by atoms with E-state index in [4.69, 9.17) is 11.6 Å². The second-order valence-corrected chi connectivity index (χ2v) is 4.23. The first-order valence-electron chi connectivity index (χ1n) is 4.16. The highest BCUT2D eigenvalue weighted by Crippen LogP contribution is 2.25. The van der Waals surface area contributed by atoms with Crippen LogP contribution in [0, 0.1) is 0 Å². The number of halogens is 1. The molecule has 0 radical (unpaired) electrons. The second-order valence-electron chi connectivity index (χ2n) is 3.82. The Morgan fingerprint density at radius 2 is 1.77 bits per heavy atom. The third kappa shape index (κ3) is 3.55. The van der Waals surface area contributed by atoms with Crippen LogP contribution in [0.4, 0.5) is 5.69 Å². The monoisotopic (exact) mass is 196 g/mol. The summed E-state index contributed by atoms with van der Waals surface area (Å²) in [5, 5.41) is 8.83. The Bertz CT molecular complexity index is 313. The molecule has 0 N–H and O–H groups in total. The highest BCUT2D eigenvalue weighted by atomic mass is 35.5. The maximum Gasteiger partial charge on any atom is 0.104 e. The van der Waals surface area contributed by atoms with E-state index in [-0.39, 0.29) is 5.54 Å². The zero-order chi connectivity index (χ0) is 9.90. The van der Waals surface area contributed by atoms with E-state index < -0.39 is 0 Å². The molecule has 1 rings (SSSR count). The fourth-order valence-corrected chi connectivity index (χ4v) is 0.910. The lowest BCUT2D eigenvalue weighted by atomic mass is 10.1. The predicted octanol–water partition coefficient (Wildman–Crippen LogP) is 4.22. The van der Waals surface area contributed by atoms with Gasteiger partial charge in [0.25, 0.3) is 0 Å². The van der Waals surface area contributed by atoms with Crippen LogP contribution in [0.2, 0.25) is 5.02 Å². The van der Waals surface area contributed by atoms with Crippen LogP contribution >= 0.6 is 11.6 Å². The van der Waals surface area contributed by atoms with E-state index in [1.807, 2.05) is 39.0 Å². The van der Waals surface area contributed by atoms with E-state index in [0.717, 1.165) is 5.69 Å². The Morgan fingerprint density at radius 3 is 2.31 bits per heavy atom. The van der Waals surface area contributed by atoms with Gasteiger partial charge in [-0.3, -0.25) is 0 Å². The van der Waals surface area contributed by atoms with Crippen molar-refractivity contribution >= 4 is 17.3 Å². The molecule has 0 unspecified atom stereocenters. The summed E-state index contributed by atoms with van der Waals surface area (Å²) in [4.78, 5) is 0. The zero-order valence-corrected chi connectivity index (χ0v) is 8.84. The topological polar surface area (TPSA) is 24.7 Å². The highest BCUT2D eigenvalue weighted by molar-refractivity contribution is 6.32. The van der Waals surface area contributed by atoms with Gasteiger partial charge in [0.05, 0.1) is 10.6 Å². The minimum atomic E-state index is -0.154. The summed E-state index contributed by atoms with van der Waals surface area (Å²) in [6.45, 7) is 5.98. The summed E-state index contributed by atoms with van der Waals surface area (Å²) in [6.07, 6.45) is 0. The van der Waals surface area contributed by atoms with Crippen molar-refractivity contribution in [2.75, 3.05) is 0 Å². The molecule has 0 aliphatic heterocycles. The molecule has 0 fully saturated rings. The summed E-state index contributed by atoms with van der Waals surface area (Å²) >= 11 is 5.90. The molecule has 0 saturated carbocycles. The minimum absolute atomic E-state index is 0.154. The number of azo groups is 1. The van der Waals surface area contributed by atoms with Crippen LogP contribution in [0.25, 0.3) is 0 Å². The lowest BCUT2D eigenvalue weighted by Crippen LogP contribution is -2.07. The van der Waals surface area contributed by atoms with Crippen molar-refractivity contribution in [1.82, 2.24) is 0 Å². The molecule has 1 aromatic rings. The van der Waals surface area contributed by atoms with E-state index in [9.17, 15) is 0 Å². The number of rotatable bonds is 1. The van der Waals surface area contributed by atoms with Crippen molar-refractivity contribution in [1.29, 1.82) is 0 Å². The fraction of sp³-hybridized carbons (Fsp3) is 0.400. The molecular weight excluding hydrogens is 184 g/mol. The standard InChI is InChI=1S/C10H13ClN2/c1-10(2,3)13-12-9-7-5-4-6-8(9)11/h4-7H,1-3H3. The number of nitrogens with zero attached hydrogens (tertiary/aromatic N) is 2. The van der Waals surface area contributed by atoms with Gasteiger partial charge in [0.2, 0.25) is 0 Å². The summed E-state index contributed by atoms with van der Waals surface area (Å²) in [5.74, 6) is 0. The smallest absolute Gasteiger partial charge is 0.104 e. The molecule has 2 nitrogen and oxygen atoms in total. The van der Waals surface area contributed by atoms with Gasteiger partial charge in [-0.2, -0.15) is 10.2 Å². The lowest BCUT2D eigenvalue weighted by molar-refractivity contribution is 0.552. The van der Waals surface area contributed by atoms with E-state index in [0.29, 0.717) is 5.02 Å². The van der Waals surface area contributed by atoms with Crippen molar-refractivity contribution in [2.45, 2.75) is 26.3 Å². The van der Waals surface area contributed by atoms with Crippen molar-refractivity contribution in [3.8, 4) is 0 Å². The van der Waals surface area contributed by atoms with Gasteiger partial charge in [-0.1, -0.05) is 23.7 Å². The molecule has 1 aromatic carbocycles. The van der Waals surface area contributed by atoms with Crippen LogP contribution in [-0.2, 0) is 0 Å². The van der Waals surface area contributed by atoms with Crippen LogP contribution in [0.5, 0.6) is 0 Å². The Labute approximate surface area is 83.6 Å². The van der Waals surface area contributed by atoms with Crippen LogP contribution in [0.1, 0.15) is 20.8 Å². The summed E-state index contributed by atoms with van der Waals surface area (Å²) in [7, 11) is 0. The van der Waals surface area contributed by atoms with Crippen LogP contribution < -0.4 is 0 Å². The van der Waals surface area contributed by atoms with Gasteiger partial charge in [-0.25, -0.2) is 0 Å². The van der Waals surface area contributed by atoms with Crippen LogP contribution in [-0.4, -0.2) is 5.54 Å². The first kappa shape index (κ1) is 10.2. The van der Waals surface area contributed by atoms with Crippen molar-refractivity contribution in [2.24, 2.45) is 10.2 Å². The number of benzene rings is 1. The SMILES string of the molecule is CC(C)(C)N=Nc1ccccc1Cl. The van der Waals surface area contributed by atoms with Gasteiger partial charge in [0, 0.05) is 0 Å². The quantitative estimate of drug-likeness (QED) is 0.601. The van der Waals surface area contributed by atoms with Crippen molar-refractivity contribution in [3.05, 3.63) is 29.3 Å². The molecule has 0 aromatic heterocycles. The zero-order valence-electron chi connectivity index (χ0n) is 8.08. The summed E-state index contributed by atoms with van der Waals surface area (Å²) < 4.78 is 0. The lowest BCUT2D eigenvalue weighted by Gasteiger charge is -2.08. The normalized spacial score (nSPS) is 12.3. The molecule has 70 valence electrons. The first-order chi connectivity index (χ1) is 5.99. The maximum atomic E-state index is 5.90. The van der Waals surface area contributed by atoms with E-state index in [1.165, 1.54) is 0 Å². The van der Waals surface area contributed by atoms with Crippen LogP contribution in [0.3, 0.4) is 0 Å². The second kappa shape index (κ2) is 3.88. The van der Waals surface area contributed by atoms with Crippen molar-refractivity contribution in [3.63, 3.8) is 0 Å². The van der Waals surface area contributed by atoms with Gasteiger partial charge in [0.1, 0.15) is 5.69 Å². The fourth-order valence-electron chi connectivity index (χ4n) is 0.737. The molecule has 3 heteroatoms. The molecule has 0 bridgehead atoms. The predicted molar refractivity (Wildman–Crippen MR) is 55.7 cm³/mol. The Balaban J connectivity index is 2.86. The van der Waals surface area contributed by atoms with E-state index >= 15 is 0 Å². The molecule has 0 amide bonds. The summed E-state index contributed by atoms with van der Waals surface area (Å²) in [5.41, 5.74) is 0.568. The third-order valence-corrected chi connectivity index (χ3v) is 1.63. The summed E-state index contributed by atoms with van der Waals surface area (Å²) in [6, 6.07) is 7.41. The number of hydrogen-bond acceptors (Lipinski definition) is 2. The molecule has 0 heterocycles. The molecule has 0 spiro atoms.